The van der Waals surface area contributed by atoms with E-state index in [1.165, 1.54) is 0 Å². The van der Waals surface area contributed by atoms with Gasteiger partial charge in [0.05, 0.1) is 13.7 Å². The first-order valence-electron chi connectivity index (χ1n) is 8.65. The summed E-state index contributed by atoms with van der Waals surface area (Å²) in [6, 6.07) is 7.68. The maximum atomic E-state index is 11.9. The van der Waals surface area contributed by atoms with Crippen molar-refractivity contribution in [3.05, 3.63) is 29.8 Å². The number of carbonyl (C=O) groups is 1. The molecule has 1 aliphatic carbocycles. The zero-order valence-corrected chi connectivity index (χ0v) is 14.2. The van der Waals surface area contributed by atoms with Crippen LogP contribution in [0.1, 0.15) is 31.2 Å². The van der Waals surface area contributed by atoms with Crippen LogP contribution < -0.4 is 15.4 Å². The average molecular weight is 334 g/mol. The summed E-state index contributed by atoms with van der Waals surface area (Å²) in [4.78, 5) is 11.9. The molecule has 0 unspecified atom stereocenters. The second-order valence-corrected chi connectivity index (χ2v) is 6.40. The number of carbonyl (C=O) groups excluding carboxylic acids is 1. The highest BCUT2D eigenvalue weighted by atomic mass is 16.7. The molecule has 1 aliphatic heterocycles. The fraction of sp³-hybridized carbons (Fsp3) is 0.611. The Hall–Kier alpha value is -1.79. The van der Waals surface area contributed by atoms with E-state index in [-0.39, 0.29) is 17.9 Å². The van der Waals surface area contributed by atoms with Crippen LogP contribution in [-0.4, -0.2) is 44.7 Å². The first kappa shape index (κ1) is 17.0. The van der Waals surface area contributed by atoms with Gasteiger partial charge in [-0.1, -0.05) is 12.1 Å². The van der Waals surface area contributed by atoms with Gasteiger partial charge >= 0.3 is 6.03 Å². The number of hydrogen-bond acceptors (Lipinski definition) is 4. The maximum absolute atomic E-state index is 11.9. The molecule has 1 spiro atoms. The summed E-state index contributed by atoms with van der Waals surface area (Å²) in [7, 11) is 1.65. The van der Waals surface area contributed by atoms with Crippen molar-refractivity contribution >= 4 is 6.03 Å². The third kappa shape index (κ3) is 4.39. The summed E-state index contributed by atoms with van der Waals surface area (Å²) in [6.07, 6.45) is 4.99. The van der Waals surface area contributed by atoms with Gasteiger partial charge in [0, 0.05) is 25.9 Å². The zero-order valence-electron chi connectivity index (χ0n) is 14.2. The molecule has 6 heteroatoms. The minimum Gasteiger partial charge on any atom is -0.497 e. The average Bonchev–Trinajstić information content (AvgIpc) is 3.24. The number of hydrogen-bond donors (Lipinski definition) is 2. The molecule has 2 N–H and O–H groups in total. The summed E-state index contributed by atoms with van der Waals surface area (Å²) in [5, 5.41) is 5.73. The lowest BCUT2D eigenvalue weighted by Gasteiger charge is -2.21. The lowest BCUT2D eigenvalue weighted by Crippen LogP contribution is -2.41. The Bertz CT molecular complexity index is 540. The molecule has 3 rings (SSSR count). The predicted molar refractivity (Wildman–Crippen MR) is 90.1 cm³/mol. The van der Waals surface area contributed by atoms with Crippen LogP contribution in [0.4, 0.5) is 4.79 Å². The largest absolute Gasteiger partial charge is 0.497 e. The van der Waals surface area contributed by atoms with E-state index in [9.17, 15) is 4.79 Å². The van der Waals surface area contributed by atoms with Gasteiger partial charge in [-0.2, -0.15) is 0 Å². The van der Waals surface area contributed by atoms with Gasteiger partial charge in [-0.25, -0.2) is 4.79 Å². The minimum absolute atomic E-state index is 0.0459. The SMILES string of the molecule is COc1ccc(CCNC(=O)NC[C@H]2COC3(CCCC3)O2)cc1. The Morgan fingerprint density at radius 2 is 2.00 bits per heavy atom. The highest BCUT2D eigenvalue weighted by Gasteiger charge is 2.43. The van der Waals surface area contributed by atoms with Crippen molar-refractivity contribution in [2.75, 3.05) is 26.8 Å². The molecule has 132 valence electrons. The Balaban J connectivity index is 1.31. The van der Waals surface area contributed by atoms with Crippen molar-refractivity contribution in [2.45, 2.75) is 44.0 Å². The summed E-state index contributed by atoms with van der Waals surface area (Å²) < 4.78 is 16.9. The van der Waals surface area contributed by atoms with Crippen LogP contribution in [0.2, 0.25) is 0 Å². The van der Waals surface area contributed by atoms with Crippen molar-refractivity contribution in [3.8, 4) is 5.75 Å². The third-order valence-electron chi connectivity index (χ3n) is 4.63. The Morgan fingerprint density at radius 1 is 1.25 bits per heavy atom. The number of amides is 2. The molecule has 2 amide bonds. The standard InChI is InChI=1S/C18H26N2O4/c1-22-15-6-4-14(5-7-15)8-11-19-17(21)20-12-16-13-23-18(24-16)9-2-3-10-18/h4-7,16H,2-3,8-13H2,1H3,(H2,19,20,21)/t16-/m0/s1. The van der Waals surface area contributed by atoms with Crippen LogP contribution in [-0.2, 0) is 15.9 Å². The molecule has 0 bridgehead atoms. The molecular weight excluding hydrogens is 308 g/mol. The fourth-order valence-corrected chi connectivity index (χ4v) is 3.27. The minimum atomic E-state index is -0.364. The van der Waals surface area contributed by atoms with Gasteiger partial charge in [0.15, 0.2) is 5.79 Å². The fourth-order valence-electron chi connectivity index (χ4n) is 3.27. The second-order valence-electron chi connectivity index (χ2n) is 6.40. The Kier molecular flexibility index (Phi) is 5.58. The van der Waals surface area contributed by atoms with E-state index < -0.39 is 0 Å². The molecule has 1 heterocycles. The zero-order chi connectivity index (χ0) is 16.8. The molecular formula is C18H26N2O4. The van der Waals surface area contributed by atoms with Crippen LogP contribution in [0, 0.1) is 0 Å². The lowest BCUT2D eigenvalue weighted by atomic mass is 10.1. The van der Waals surface area contributed by atoms with Gasteiger partial charge in [0.2, 0.25) is 0 Å². The van der Waals surface area contributed by atoms with E-state index in [1.54, 1.807) is 7.11 Å². The molecule has 1 aromatic carbocycles. The number of nitrogens with one attached hydrogen (secondary N) is 2. The number of benzene rings is 1. The third-order valence-corrected chi connectivity index (χ3v) is 4.63. The smallest absolute Gasteiger partial charge is 0.314 e. The van der Waals surface area contributed by atoms with Crippen LogP contribution in [0.15, 0.2) is 24.3 Å². The number of urea groups is 1. The highest BCUT2D eigenvalue weighted by molar-refractivity contribution is 5.73. The Morgan fingerprint density at radius 3 is 2.71 bits per heavy atom. The van der Waals surface area contributed by atoms with E-state index in [0.29, 0.717) is 19.7 Å². The molecule has 1 aromatic rings. The van der Waals surface area contributed by atoms with Crippen molar-refractivity contribution in [3.63, 3.8) is 0 Å². The van der Waals surface area contributed by atoms with Gasteiger partial charge in [0.1, 0.15) is 11.9 Å². The maximum Gasteiger partial charge on any atom is 0.314 e. The summed E-state index contributed by atoms with van der Waals surface area (Å²) in [5.41, 5.74) is 1.16. The van der Waals surface area contributed by atoms with E-state index in [1.807, 2.05) is 24.3 Å². The molecule has 2 fully saturated rings. The number of methoxy groups -OCH3 is 1. The van der Waals surface area contributed by atoms with Gasteiger partial charge < -0.3 is 24.8 Å². The van der Waals surface area contributed by atoms with Gasteiger partial charge in [-0.15, -0.1) is 0 Å². The summed E-state index contributed by atoms with van der Waals surface area (Å²) >= 11 is 0. The van der Waals surface area contributed by atoms with E-state index >= 15 is 0 Å². The van der Waals surface area contributed by atoms with Gasteiger partial charge in [0.25, 0.3) is 0 Å². The van der Waals surface area contributed by atoms with Crippen molar-refractivity contribution < 1.29 is 19.0 Å². The van der Waals surface area contributed by atoms with Crippen LogP contribution in [0.5, 0.6) is 5.75 Å². The molecule has 0 radical (unpaired) electrons. The number of ether oxygens (including phenoxy) is 3. The molecule has 24 heavy (non-hydrogen) atoms. The lowest BCUT2D eigenvalue weighted by molar-refractivity contribution is -0.160. The van der Waals surface area contributed by atoms with Crippen molar-refractivity contribution in [2.24, 2.45) is 0 Å². The second kappa shape index (κ2) is 7.85. The number of rotatable bonds is 6. The van der Waals surface area contributed by atoms with E-state index in [0.717, 1.165) is 43.4 Å². The topological polar surface area (TPSA) is 68.8 Å². The monoisotopic (exact) mass is 334 g/mol. The highest BCUT2D eigenvalue weighted by Crippen LogP contribution is 2.38. The van der Waals surface area contributed by atoms with Crippen LogP contribution in [0.3, 0.4) is 0 Å². The van der Waals surface area contributed by atoms with Gasteiger partial charge in [-0.05, 0) is 37.0 Å². The molecule has 1 atom stereocenters. The molecule has 1 saturated carbocycles. The molecule has 0 aromatic heterocycles. The molecule has 1 saturated heterocycles. The van der Waals surface area contributed by atoms with Crippen molar-refractivity contribution in [1.29, 1.82) is 0 Å². The molecule has 6 nitrogen and oxygen atoms in total. The molecule has 2 aliphatic rings. The first-order valence-corrected chi connectivity index (χ1v) is 8.65. The van der Waals surface area contributed by atoms with Crippen LogP contribution >= 0.6 is 0 Å². The summed E-state index contributed by atoms with van der Waals surface area (Å²) in [6.45, 7) is 1.63. The van der Waals surface area contributed by atoms with Crippen molar-refractivity contribution in [1.82, 2.24) is 10.6 Å². The van der Waals surface area contributed by atoms with E-state index in [4.69, 9.17) is 14.2 Å². The Labute approximate surface area is 142 Å². The summed E-state index contributed by atoms with van der Waals surface area (Å²) in [5.74, 6) is 0.472. The quantitative estimate of drug-likeness (QED) is 0.837. The predicted octanol–water partition coefficient (Wildman–Crippen LogP) is 2.22. The van der Waals surface area contributed by atoms with E-state index in [2.05, 4.69) is 10.6 Å². The van der Waals surface area contributed by atoms with Gasteiger partial charge in [-0.3, -0.25) is 0 Å². The van der Waals surface area contributed by atoms with Crippen LogP contribution in [0.25, 0.3) is 0 Å². The first-order chi connectivity index (χ1) is 11.7. The normalized spacial score (nSPS) is 21.8.